The summed E-state index contributed by atoms with van der Waals surface area (Å²) in [5.74, 6) is 1.47. The lowest BCUT2D eigenvalue weighted by Crippen LogP contribution is -2.16. The van der Waals surface area contributed by atoms with Crippen molar-refractivity contribution in [2.75, 3.05) is 23.8 Å². The van der Waals surface area contributed by atoms with Crippen molar-refractivity contribution in [3.05, 3.63) is 113 Å². The first-order valence-corrected chi connectivity index (χ1v) is 15.4. The Bertz CT molecular complexity index is 1870. The Balaban J connectivity index is 1.24. The number of hydrogen-bond acceptors (Lipinski definition) is 7. The molecule has 0 aliphatic carbocycles. The van der Waals surface area contributed by atoms with E-state index in [1.807, 2.05) is 95.6 Å². The molecule has 1 atom stereocenters. The molecule has 3 heterocycles. The van der Waals surface area contributed by atoms with Crippen molar-refractivity contribution in [2.45, 2.75) is 4.17 Å². The second-order valence-electron chi connectivity index (χ2n) is 9.53. The van der Waals surface area contributed by atoms with Crippen molar-refractivity contribution in [1.82, 2.24) is 9.61 Å². The number of halogens is 2. The Morgan fingerprint density at radius 1 is 1.00 bits per heavy atom. The molecule has 6 rings (SSSR count). The summed E-state index contributed by atoms with van der Waals surface area (Å²) in [5.41, 5.74) is 13.0. The predicted molar refractivity (Wildman–Crippen MR) is 187 cm³/mol. The number of nitrogens with one attached hydrogen (secondary N) is 2. The van der Waals surface area contributed by atoms with Gasteiger partial charge >= 0.3 is 0 Å². The zero-order valence-electron chi connectivity index (χ0n) is 22.7. The average molecular weight is 721 g/mol. The van der Waals surface area contributed by atoms with Crippen molar-refractivity contribution in [2.24, 2.45) is 10.7 Å². The molecule has 8 nitrogen and oxygen atoms in total. The number of ether oxygens (including phenoxy) is 2. The number of nitrogens with zero attached hydrogens (tertiary/aromatic N) is 3. The lowest BCUT2D eigenvalue weighted by Gasteiger charge is -2.19. The number of fused-ring (bicyclic) bond motifs is 2. The van der Waals surface area contributed by atoms with Crippen LogP contribution in [0.4, 0.5) is 11.4 Å². The summed E-state index contributed by atoms with van der Waals surface area (Å²) >= 11 is 14.2. The van der Waals surface area contributed by atoms with Crippen LogP contribution in [0.1, 0.15) is 11.1 Å². The highest BCUT2D eigenvalue weighted by Gasteiger charge is 2.17. The van der Waals surface area contributed by atoms with E-state index in [1.165, 1.54) is 0 Å². The molecule has 5 aromatic rings. The Hall–Kier alpha value is -4.13. The minimum absolute atomic E-state index is 0.239. The molecule has 0 amide bonds. The number of nitrogens with two attached hydrogens (primary N) is 1. The van der Waals surface area contributed by atoms with Gasteiger partial charge in [-0.05, 0) is 71.1 Å². The molecule has 0 saturated carbocycles. The number of aromatic nitrogens is 2. The van der Waals surface area contributed by atoms with Crippen molar-refractivity contribution in [1.29, 1.82) is 0 Å². The van der Waals surface area contributed by atoms with Crippen LogP contribution in [0.15, 0.2) is 102 Å². The van der Waals surface area contributed by atoms with E-state index in [2.05, 4.69) is 38.2 Å². The number of alkyl halides is 1. The fourth-order valence-electron chi connectivity index (χ4n) is 4.66. The van der Waals surface area contributed by atoms with E-state index >= 15 is 0 Å². The quantitative estimate of drug-likeness (QED) is 0.0505. The van der Waals surface area contributed by atoms with Crippen LogP contribution in [0.25, 0.3) is 22.5 Å². The highest BCUT2D eigenvalue weighted by atomic mass is 127. The van der Waals surface area contributed by atoms with Gasteiger partial charge in [-0.2, -0.15) is 5.10 Å². The molecule has 4 N–H and O–H groups in total. The van der Waals surface area contributed by atoms with Gasteiger partial charge in [0.1, 0.15) is 23.9 Å². The normalized spacial score (nSPS) is 13.7. The molecule has 216 valence electrons. The summed E-state index contributed by atoms with van der Waals surface area (Å²) in [6.45, 7) is 1.09. The minimum Gasteiger partial charge on any atom is -0.486 e. The average Bonchev–Trinajstić information content (AvgIpc) is 3.41. The van der Waals surface area contributed by atoms with Crippen molar-refractivity contribution in [3.63, 3.8) is 0 Å². The number of allylic oxidation sites excluding steroid dienone is 1. The smallest absolute Gasteiger partial charge is 0.170 e. The number of benzene rings is 3. The Kier molecular flexibility index (Phi) is 8.77. The van der Waals surface area contributed by atoms with Crippen LogP contribution >= 0.6 is 46.4 Å². The molecule has 43 heavy (non-hydrogen) atoms. The fraction of sp³-hybridized carbons (Fsp3) is 0.0938. The zero-order chi connectivity index (χ0) is 29.8. The molecule has 0 radical (unpaired) electrons. The van der Waals surface area contributed by atoms with E-state index < -0.39 is 0 Å². The molecule has 0 fully saturated rings. The van der Waals surface area contributed by atoms with Crippen LogP contribution in [0.3, 0.4) is 0 Å². The summed E-state index contributed by atoms with van der Waals surface area (Å²) in [6.07, 6.45) is 5.39. The zero-order valence-corrected chi connectivity index (χ0v) is 26.4. The monoisotopic (exact) mass is 720 g/mol. The maximum atomic E-state index is 6.68. The van der Waals surface area contributed by atoms with E-state index in [-0.39, 0.29) is 4.17 Å². The molecule has 1 unspecified atom stereocenters. The second kappa shape index (κ2) is 13.0. The number of anilines is 2. The first-order valence-electron chi connectivity index (χ1n) is 13.4. The van der Waals surface area contributed by atoms with Crippen LogP contribution in [-0.2, 0) is 0 Å². The van der Waals surface area contributed by atoms with Crippen molar-refractivity contribution >= 4 is 80.2 Å². The number of pyridine rings is 1. The Labute approximate surface area is 272 Å². The molecule has 1 aliphatic rings. The predicted octanol–water partition coefficient (Wildman–Crippen LogP) is 7.41. The molecule has 0 bridgehead atoms. The SMILES string of the molecule is N/C(=C\C=N/C(I)Nc1ccc2c(c1)OCCO2)c1c(-c2cccc(NC(=S)c3ccccc3Cl)c2)nn2ccccc12. The molecule has 1 aliphatic heterocycles. The molecule has 0 spiro atoms. The summed E-state index contributed by atoms with van der Waals surface area (Å²) in [4.78, 5) is 5.14. The van der Waals surface area contributed by atoms with Crippen LogP contribution in [0.5, 0.6) is 11.5 Å². The minimum atomic E-state index is -0.239. The lowest BCUT2D eigenvalue weighted by atomic mass is 10.0. The summed E-state index contributed by atoms with van der Waals surface area (Å²) in [6, 6.07) is 27.0. The van der Waals surface area contributed by atoms with Gasteiger partial charge in [0, 0.05) is 46.7 Å². The van der Waals surface area contributed by atoms with Crippen LogP contribution < -0.4 is 25.8 Å². The summed E-state index contributed by atoms with van der Waals surface area (Å²) in [7, 11) is 0. The molecule has 0 saturated heterocycles. The Morgan fingerprint density at radius 2 is 1.81 bits per heavy atom. The Morgan fingerprint density at radius 3 is 2.67 bits per heavy atom. The maximum Gasteiger partial charge on any atom is 0.170 e. The van der Waals surface area contributed by atoms with Gasteiger partial charge in [-0.1, -0.05) is 60.2 Å². The number of thiocarbonyl (C=S) groups is 1. The molecular formula is C32H26ClIN6O2S. The van der Waals surface area contributed by atoms with Crippen molar-refractivity contribution < 1.29 is 9.47 Å². The van der Waals surface area contributed by atoms with E-state index in [0.717, 1.165) is 50.8 Å². The van der Waals surface area contributed by atoms with E-state index in [9.17, 15) is 0 Å². The molecule has 2 aromatic heterocycles. The van der Waals surface area contributed by atoms with Crippen LogP contribution in [-0.4, -0.2) is 38.2 Å². The van der Waals surface area contributed by atoms with Crippen molar-refractivity contribution in [3.8, 4) is 22.8 Å². The summed E-state index contributed by atoms with van der Waals surface area (Å²) < 4.78 is 12.9. The number of aliphatic imine (C=N–C) groups is 1. The highest BCUT2D eigenvalue weighted by Crippen LogP contribution is 2.34. The van der Waals surface area contributed by atoms with E-state index in [4.69, 9.17) is 44.1 Å². The van der Waals surface area contributed by atoms with Gasteiger partial charge in [0.2, 0.25) is 0 Å². The first-order chi connectivity index (χ1) is 21.0. The van der Waals surface area contributed by atoms with Gasteiger partial charge in [0.05, 0.1) is 16.1 Å². The van der Waals surface area contributed by atoms with Crippen LogP contribution in [0, 0.1) is 0 Å². The fourth-order valence-corrected chi connectivity index (χ4v) is 5.79. The largest absolute Gasteiger partial charge is 0.486 e. The van der Waals surface area contributed by atoms with Crippen LogP contribution in [0.2, 0.25) is 5.02 Å². The van der Waals surface area contributed by atoms with E-state index in [0.29, 0.717) is 28.9 Å². The summed E-state index contributed by atoms with van der Waals surface area (Å²) in [5, 5.41) is 12.1. The molecular weight excluding hydrogens is 695 g/mol. The maximum absolute atomic E-state index is 6.68. The number of hydrogen-bond donors (Lipinski definition) is 3. The third-order valence-corrected chi connectivity index (χ3v) is 7.92. The third kappa shape index (κ3) is 6.61. The number of rotatable bonds is 8. The van der Waals surface area contributed by atoms with Gasteiger partial charge in [-0.25, -0.2) is 4.52 Å². The van der Waals surface area contributed by atoms with Gasteiger partial charge in [0.15, 0.2) is 15.7 Å². The molecule has 3 aromatic carbocycles. The lowest BCUT2D eigenvalue weighted by molar-refractivity contribution is 0.171. The highest BCUT2D eigenvalue weighted by molar-refractivity contribution is 14.1. The van der Waals surface area contributed by atoms with E-state index in [1.54, 1.807) is 12.3 Å². The van der Waals surface area contributed by atoms with Gasteiger partial charge in [0.25, 0.3) is 0 Å². The second-order valence-corrected chi connectivity index (χ2v) is 11.5. The topological polar surface area (TPSA) is 98.2 Å². The first kappa shape index (κ1) is 29.0. The van der Waals surface area contributed by atoms with Gasteiger partial charge in [-0.15, -0.1) is 0 Å². The van der Waals surface area contributed by atoms with Gasteiger partial charge in [-0.3, -0.25) is 4.99 Å². The molecule has 11 heteroatoms. The third-order valence-electron chi connectivity index (χ3n) is 6.64. The van der Waals surface area contributed by atoms with Gasteiger partial charge < -0.3 is 25.8 Å². The standard InChI is InChI=1S/C32H26ClIN6O2S/c33-24-9-2-1-8-23(24)31(43)37-21-7-5-6-20(18-21)30-29(26-10-3-4-15-40(26)39-30)25(35)13-14-36-32(34)38-22-11-12-27-28(19-22)42-17-16-41-27/h1-15,18-19,32,38H,16-17,35H2,(H,37,43)/b25-13-,36-14-.